The molecule has 1 aromatic heterocycles. The molecular formula is C22H31N5O3. The van der Waals surface area contributed by atoms with Gasteiger partial charge in [-0.1, -0.05) is 0 Å². The van der Waals surface area contributed by atoms with E-state index in [1.54, 1.807) is 22.7 Å². The fourth-order valence-electron chi connectivity index (χ4n) is 4.52. The summed E-state index contributed by atoms with van der Waals surface area (Å²) >= 11 is 0. The summed E-state index contributed by atoms with van der Waals surface area (Å²) in [5.74, 6) is 0.0285. The van der Waals surface area contributed by atoms with Gasteiger partial charge in [0.2, 0.25) is 5.91 Å². The minimum absolute atomic E-state index is 0.00391. The predicted molar refractivity (Wildman–Crippen MR) is 117 cm³/mol. The number of rotatable bonds is 4. The molecule has 0 radical (unpaired) electrons. The van der Waals surface area contributed by atoms with E-state index in [1.165, 1.54) is 0 Å². The van der Waals surface area contributed by atoms with E-state index in [1.807, 2.05) is 32.0 Å². The van der Waals surface area contributed by atoms with Gasteiger partial charge in [0.15, 0.2) is 0 Å². The van der Waals surface area contributed by atoms with Crippen molar-refractivity contribution >= 4 is 22.5 Å². The van der Waals surface area contributed by atoms with Crippen LogP contribution in [0.5, 0.6) is 0 Å². The third kappa shape index (κ3) is 4.06. The van der Waals surface area contributed by atoms with Crippen molar-refractivity contribution in [1.82, 2.24) is 19.4 Å². The summed E-state index contributed by atoms with van der Waals surface area (Å²) in [6, 6.07) is 5.95. The summed E-state index contributed by atoms with van der Waals surface area (Å²) in [6.07, 6.45) is 2.26. The Morgan fingerprint density at radius 1 is 1.20 bits per heavy atom. The molecule has 2 aliphatic rings. The highest BCUT2D eigenvalue weighted by molar-refractivity contribution is 5.81. The van der Waals surface area contributed by atoms with Crippen LogP contribution in [0.3, 0.4) is 0 Å². The zero-order valence-electron chi connectivity index (χ0n) is 18.0. The van der Waals surface area contributed by atoms with Gasteiger partial charge in [-0.05, 0) is 38.5 Å². The Hall–Kier alpha value is -2.45. The van der Waals surface area contributed by atoms with Crippen molar-refractivity contribution in [3.05, 3.63) is 34.9 Å². The smallest absolute Gasteiger partial charge is 0.261 e. The summed E-state index contributed by atoms with van der Waals surface area (Å²) in [5, 5.41) is 11.5. The van der Waals surface area contributed by atoms with Gasteiger partial charge in [0.1, 0.15) is 0 Å². The van der Waals surface area contributed by atoms with Crippen LogP contribution in [0.2, 0.25) is 0 Å². The second-order valence-electron chi connectivity index (χ2n) is 8.93. The maximum atomic E-state index is 12.6. The summed E-state index contributed by atoms with van der Waals surface area (Å²) in [4.78, 5) is 35.0. The van der Waals surface area contributed by atoms with Crippen LogP contribution >= 0.6 is 0 Å². The number of β-amino-alcohol motifs (C(OH)–C–C–N with tert-alkyl or cyclic N) is 1. The average Bonchev–Trinajstić information content (AvgIpc) is 3.10. The third-order valence-electron chi connectivity index (χ3n) is 6.36. The molecule has 2 saturated heterocycles. The Labute approximate surface area is 176 Å². The Balaban J connectivity index is 1.40. The molecule has 8 heteroatoms. The summed E-state index contributed by atoms with van der Waals surface area (Å²) in [5.41, 5.74) is 0.979. The van der Waals surface area contributed by atoms with E-state index in [2.05, 4.69) is 14.8 Å². The number of aliphatic hydroxyl groups is 1. The lowest BCUT2D eigenvalue weighted by molar-refractivity contribution is -0.128. The first-order valence-electron chi connectivity index (χ1n) is 10.7. The molecule has 30 heavy (non-hydrogen) atoms. The Bertz CT molecular complexity index is 996. The number of anilines is 1. The zero-order valence-corrected chi connectivity index (χ0v) is 18.0. The van der Waals surface area contributed by atoms with Gasteiger partial charge in [-0.2, -0.15) is 0 Å². The van der Waals surface area contributed by atoms with Gasteiger partial charge in [-0.25, -0.2) is 4.98 Å². The van der Waals surface area contributed by atoms with E-state index in [0.717, 1.165) is 37.4 Å². The van der Waals surface area contributed by atoms with E-state index in [4.69, 9.17) is 0 Å². The van der Waals surface area contributed by atoms with Crippen LogP contribution in [0.4, 0.5) is 5.69 Å². The van der Waals surface area contributed by atoms with Crippen LogP contribution in [0, 0.1) is 0 Å². The second kappa shape index (κ2) is 8.00. The number of hydrogen-bond acceptors (Lipinski definition) is 6. The molecule has 2 aromatic rings. The lowest BCUT2D eigenvalue weighted by atomic mass is 10.0. The molecule has 0 bridgehead atoms. The maximum Gasteiger partial charge on any atom is 0.261 e. The predicted octanol–water partition coefficient (Wildman–Crippen LogP) is 1.08. The fourth-order valence-corrected chi connectivity index (χ4v) is 4.52. The van der Waals surface area contributed by atoms with Crippen molar-refractivity contribution in [3.63, 3.8) is 0 Å². The van der Waals surface area contributed by atoms with E-state index >= 15 is 0 Å². The molecule has 2 fully saturated rings. The SMILES string of the molecule is CC(=O)N1CCC(O)(CN2CCN(c3ccc4c(=O)n(C(C)C)cnc4c3)CC2)C1. The molecule has 1 atom stereocenters. The fraction of sp³-hybridized carbons (Fsp3) is 0.591. The van der Waals surface area contributed by atoms with Crippen molar-refractivity contribution in [2.45, 2.75) is 38.8 Å². The van der Waals surface area contributed by atoms with E-state index in [-0.39, 0.29) is 17.5 Å². The van der Waals surface area contributed by atoms with Gasteiger partial charge < -0.3 is 14.9 Å². The molecule has 1 aromatic carbocycles. The largest absolute Gasteiger partial charge is 0.387 e. The monoisotopic (exact) mass is 413 g/mol. The normalized spacial score (nSPS) is 23.0. The van der Waals surface area contributed by atoms with Crippen molar-refractivity contribution in [2.75, 3.05) is 50.7 Å². The van der Waals surface area contributed by atoms with Gasteiger partial charge in [-0.15, -0.1) is 0 Å². The van der Waals surface area contributed by atoms with E-state index in [9.17, 15) is 14.7 Å². The second-order valence-corrected chi connectivity index (χ2v) is 8.93. The topological polar surface area (TPSA) is 81.9 Å². The molecule has 4 rings (SSSR count). The molecule has 1 N–H and O–H groups in total. The van der Waals surface area contributed by atoms with Crippen LogP contribution in [0.1, 0.15) is 33.2 Å². The van der Waals surface area contributed by atoms with Crippen LogP contribution in [0.15, 0.2) is 29.3 Å². The zero-order chi connectivity index (χ0) is 21.5. The van der Waals surface area contributed by atoms with Crippen molar-refractivity contribution in [1.29, 1.82) is 0 Å². The number of likely N-dealkylation sites (tertiary alicyclic amines) is 1. The number of piperazine rings is 1. The average molecular weight is 414 g/mol. The van der Waals surface area contributed by atoms with E-state index in [0.29, 0.717) is 31.4 Å². The lowest BCUT2D eigenvalue weighted by Gasteiger charge is -2.39. The first-order valence-corrected chi connectivity index (χ1v) is 10.7. The van der Waals surface area contributed by atoms with Crippen molar-refractivity contribution in [3.8, 4) is 0 Å². The number of hydrogen-bond donors (Lipinski definition) is 1. The minimum atomic E-state index is -0.809. The number of carbonyl (C=O) groups is 1. The van der Waals surface area contributed by atoms with Crippen molar-refractivity contribution < 1.29 is 9.90 Å². The Kier molecular flexibility index (Phi) is 5.55. The first kappa shape index (κ1) is 20.8. The van der Waals surface area contributed by atoms with Gasteiger partial charge in [0, 0.05) is 57.9 Å². The minimum Gasteiger partial charge on any atom is -0.387 e. The number of nitrogens with zero attached hydrogens (tertiary/aromatic N) is 5. The van der Waals surface area contributed by atoms with Gasteiger partial charge >= 0.3 is 0 Å². The quantitative estimate of drug-likeness (QED) is 0.808. The molecule has 1 unspecified atom stereocenters. The molecule has 162 valence electrons. The number of amides is 1. The van der Waals surface area contributed by atoms with Crippen LogP contribution < -0.4 is 10.5 Å². The molecule has 0 saturated carbocycles. The number of benzene rings is 1. The summed E-state index contributed by atoms with van der Waals surface area (Å²) in [7, 11) is 0. The highest BCUT2D eigenvalue weighted by Crippen LogP contribution is 2.25. The lowest BCUT2D eigenvalue weighted by Crippen LogP contribution is -2.53. The van der Waals surface area contributed by atoms with Crippen molar-refractivity contribution in [2.24, 2.45) is 0 Å². The van der Waals surface area contributed by atoms with Crippen LogP contribution in [-0.4, -0.2) is 81.8 Å². The standard InChI is InChI=1S/C22H31N5O3/c1-16(2)27-15-23-20-12-18(4-5-19(20)21(27)29)25-10-8-24(9-11-25)13-22(30)6-7-26(14-22)17(3)28/h4-5,12,15-16,30H,6-11,13-14H2,1-3H3. The number of carbonyl (C=O) groups excluding carboxylic acids is 1. The van der Waals surface area contributed by atoms with Crippen LogP contribution in [-0.2, 0) is 4.79 Å². The van der Waals surface area contributed by atoms with Gasteiger partial charge in [0.05, 0.1) is 29.4 Å². The van der Waals surface area contributed by atoms with Crippen LogP contribution in [0.25, 0.3) is 10.9 Å². The molecule has 8 nitrogen and oxygen atoms in total. The molecule has 0 spiro atoms. The number of fused-ring (bicyclic) bond motifs is 1. The van der Waals surface area contributed by atoms with E-state index < -0.39 is 5.60 Å². The molecule has 1 amide bonds. The highest BCUT2D eigenvalue weighted by atomic mass is 16.3. The summed E-state index contributed by atoms with van der Waals surface area (Å²) < 4.78 is 1.65. The number of aromatic nitrogens is 2. The van der Waals surface area contributed by atoms with Gasteiger partial charge in [-0.3, -0.25) is 19.1 Å². The molecular weight excluding hydrogens is 382 g/mol. The third-order valence-corrected chi connectivity index (χ3v) is 6.36. The molecule has 3 heterocycles. The van der Waals surface area contributed by atoms with Gasteiger partial charge in [0.25, 0.3) is 5.56 Å². The first-order chi connectivity index (χ1) is 14.3. The Morgan fingerprint density at radius 2 is 1.93 bits per heavy atom. The molecule has 2 aliphatic heterocycles. The molecule has 0 aliphatic carbocycles. The summed E-state index contributed by atoms with van der Waals surface area (Å²) in [6.45, 7) is 10.6. The maximum absolute atomic E-state index is 12.6. The Morgan fingerprint density at radius 3 is 2.57 bits per heavy atom. The highest BCUT2D eigenvalue weighted by Gasteiger charge is 2.39.